The van der Waals surface area contributed by atoms with Crippen LogP contribution in [0.3, 0.4) is 0 Å². The second-order valence-electron chi connectivity index (χ2n) is 5.05. The number of anilines is 1. The number of rotatable bonds is 7. The molecule has 0 saturated carbocycles. The SMILES string of the molecule is COC(=O)c1ccccc1NS(=O)(=O)CCCc1ccccc1. The summed E-state index contributed by atoms with van der Waals surface area (Å²) in [5.74, 6) is -0.593. The number of ether oxygens (including phenoxy) is 1. The van der Waals surface area contributed by atoms with E-state index in [1.54, 1.807) is 18.2 Å². The first-order valence-electron chi connectivity index (χ1n) is 7.23. The molecule has 23 heavy (non-hydrogen) atoms. The van der Waals surface area contributed by atoms with Gasteiger partial charge in [-0.3, -0.25) is 4.72 Å². The number of sulfonamides is 1. The van der Waals surface area contributed by atoms with E-state index >= 15 is 0 Å². The molecule has 0 aliphatic carbocycles. The van der Waals surface area contributed by atoms with Crippen LogP contribution in [0.1, 0.15) is 22.3 Å². The summed E-state index contributed by atoms with van der Waals surface area (Å²) >= 11 is 0. The largest absolute Gasteiger partial charge is 0.465 e. The summed E-state index contributed by atoms with van der Waals surface area (Å²) < 4.78 is 31.5. The van der Waals surface area contributed by atoms with E-state index in [0.29, 0.717) is 12.8 Å². The third-order valence-corrected chi connectivity index (χ3v) is 4.68. The zero-order valence-electron chi connectivity index (χ0n) is 12.9. The van der Waals surface area contributed by atoms with Gasteiger partial charge in [0.2, 0.25) is 10.0 Å². The van der Waals surface area contributed by atoms with Gasteiger partial charge in [-0.15, -0.1) is 0 Å². The topological polar surface area (TPSA) is 72.5 Å². The Hall–Kier alpha value is -2.34. The summed E-state index contributed by atoms with van der Waals surface area (Å²) in [6, 6.07) is 16.1. The van der Waals surface area contributed by atoms with Crippen molar-refractivity contribution in [1.29, 1.82) is 0 Å². The monoisotopic (exact) mass is 333 g/mol. The van der Waals surface area contributed by atoms with Crippen LogP contribution in [0.5, 0.6) is 0 Å². The van der Waals surface area contributed by atoms with Gasteiger partial charge in [-0.05, 0) is 30.5 Å². The van der Waals surface area contributed by atoms with Crippen LogP contribution in [0, 0.1) is 0 Å². The highest BCUT2D eigenvalue weighted by atomic mass is 32.2. The third kappa shape index (κ3) is 5.10. The molecular weight excluding hydrogens is 314 g/mol. The van der Waals surface area contributed by atoms with Crippen molar-refractivity contribution in [3.63, 3.8) is 0 Å². The molecule has 0 spiro atoms. The minimum Gasteiger partial charge on any atom is -0.465 e. The highest BCUT2D eigenvalue weighted by Gasteiger charge is 2.16. The van der Waals surface area contributed by atoms with Gasteiger partial charge in [0.1, 0.15) is 0 Å². The van der Waals surface area contributed by atoms with Gasteiger partial charge < -0.3 is 4.74 Å². The lowest BCUT2D eigenvalue weighted by atomic mass is 10.1. The smallest absolute Gasteiger partial charge is 0.339 e. The molecule has 0 unspecified atom stereocenters. The number of para-hydroxylation sites is 1. The van der Waals surface area contributed by atoms with Crippen LogP contribution in [-0.4, -0.2) is 27.2 Å². The normalized spacial score (nSPS) is 11.0. The molecular formula is C17H19NO4S. The Morgan fingerprint density at radius 1 is 1.04 bits per heavy atom. The second kappa shape index (κ2) is 7.78. The molecule has 0 aliphatic heterocycles. The standard InChI is InChI=1S/C17H19NO4S/c1-22-17(19)15-11-5-6-12-16(15)18-23(20,21)13-7-10-14-8-3-2-4-9-14/h2-6,8-9,11-12,18H,7,10,13H2,1H3. The Kier molecular flexibility index (Phi) is 5.76. The Morgan fingerprint density at radius 2 is 1.70 bits per heavy atom. The molecule has 0 aliphatic rings. The molecule has 0 aromatic heterocycles. The first kappa shape index (κ1) is 17.0. The quantitative estimate of drug-likeness (QED) is 0.791. The zero-order valence-corrected chi connectivity index (χ0v) is 13.7. The first-order chi connectivity index (χ1) is 11.0. The van der Waals surface area contributed by atoms with E-state index in [-0.39, 0.29) is 17.0 Å². The maximum absolute atomic E-state index is 12.2. The molecule has 0 bridgehead atoms. The van der Waals surface area contributed by atoms with Crippen molar-refractivity contribution in [3.8, 4) is 0 Å². The minimum atomic E-state index is -3.53. The minimum absolute atomic E-state index is 0.0165. The number of aryl methyl sites for hydroxylation is 1. The Morgan fingerprint density at radius 3 is 2.39 bits per heavy atom. The molecule has 0 heterocycles. The number of methoxy groups -OCH3 is 1. The molecule has 0 amide bonds. The van der Waals surface area contributed by atoms with E-state index in [2.05, 4.69) is 9.46 Å². The number of nitrogens with one attached hydrogen (secondary N) is 1. The summed E-state index contributed by atoms with van der Waals surface area (Å²) in [6.07, 6.45) is 1.18. The van der Waals surface area contributed by atoms with Gasteiger partial charge in [-0.25, -0.2) is 13.2 Å². The number of carbonyl (C=O) groups is 1. The predicted molar refractivity (Wildman–Crippen MR) is 90.0 cm³/mol. The number of hydrogen-bond acceptors (Lipinski definition) is 4. The maximum atomic E-state index is 12.2. The van der Waals surface area contributed by atoms with Crippen molar-refractivity contribution < 1.29 is 17.9 Å². The van der Waals surface area contributed by atoms with Gasteiger partial charge >= 0.3 is 5.97 Å². The molecule has 0 atom stereocenters. The highest BCUT2D eigenvalue weighted by Crippen LogP contribution is 2.18. The summed E-state index contributed by atoms with van der Waals surface area (Å²) in [4.78, 5) is 11.7. The second-order valence-corrected chi connectivity index (χ2v) is 6.89. The number of benzene rings is 2. The van der Waals surface area contributed by atoms with Gasteiger partial charge in [0.15, 0.2) is 0 Å². The maximum Gasteiger partial charge on any atom is 0.339 e. The Bertz CT molecular complexity index is 757. The number of esters is 1. The third-order valence-electron chi connectivity index (χ3n) is 3.32. The highest BCUT2D eigenvalue weighted by molar-refractivity contribution is 7.92. The molecule has 2 aromatic carbocycles. The Labute approximate surface area is 136 Å². The Balaban J connectivity index is 2.00. The molecule has 0 saturated heterocycles. The van der Waals surface area contributed by atoms with Crippen molar-refractivity contribution in [1.82, 2.24) is 0 Å². The van der Waals surface area contributed by atoms with Gasteiger partial charge in [0, 0.05) is 0 Å². The summed E-state index contributed by atoms with van der Waals surface area (Å²) in [5.41, 5.74) is 1.53. The summed E-state index contributed by atoms with van der Waals surface area (Å²) in [6.45, 7) is 0. The number of hydrogen-bond donors (Lipinski definition) is 1. The predicted octanol–water partition coefficient (Wildman–Crippen LogP) is 2.85. The van der Waals surface area contributed by atoms with Crippen LogP contribution in [0.25, 0.3) is 0 Å². The van der Waals surface area contributed by atoms with Crippen LogP contribution in [-0.2, 0) is 21.2 Å². The zero-order chi connectivity index (χ0) is 16.7. The van der Waals surface area contributed by atoms with Crippen LogP contribution in [0.2, 0.25) is 0 Å². The lowest BCUT2D eigenvalue weighted by molar-refractivity contribution is 0.0602. The van der Waals surface area contributed by atoms with E-state index in [9.17, 15) is 13.2 Å². The average molecular weight is 333 g/mol. The van der Waals surface area contributed by atoms with Crippen LogP contribution in [0.15, 0.2) is 54.6 Å². The number of carbonyl (C=O) groups excluding carboxylic acids is 1. The van der Waals surface area contributed by atoms with Crippen molar-refractivity contribution in [2.75, 3.05) is 17.6 Å². The van der Waals surface area contributed by atoms with E-state index in [1.807, 2.05) is 30.3 Å². The molecule has 5 nitrogen and oxygen atoms in total. The van der Waals surface area contributed by atoms with Crippen LogP contribution in [0.4, 0.5) is 5.69 Å². The van der Waals surface area contributed by atoms with Gasteiger partial charge in [-0.2, -0.15) is 0 Å². The van der Waals surface area contributed by atoms with Crippen molar-refractivity contribution in [2.45, 2.75) is 12.8 Å². The van der Waals surface area contributed by atoms with E-state index in [4.69, 9.17) is 0 Å². The van der Waals surface area contributed by atoms with E-state index < -0.39 is 16.0 Å². The van der Waals surface area contributed by atoms with Crippen molar-refractivity contribution in [2.24, 2.45) is 0 Å². The lowest BCUT2D eigenvalue weighted by Gasteiger charge is -2.11. The molecule has 2 rings (SSSR count). The molecule has 0 fully saturated rings. The fourth-order valence-electron chi connectivity index (χ4n) is 2.19. The fourth-order valence-corrected chi connectivity index (χ4v) is 3.33. The molecule has 1 N–H and O–H groups in total. The lowest BCUT2D eigenvalue weighted by Crippen LogP contribution is -2.19. The first-order valence-corrected chi connectivity index (χ1v) is 8.89. The molecule has 0 radical (unpaired) electrons. The van der Waals surface area contributed by atoms with Crippen molar-refractivity contribution >= 4 is 21.7 Å². The van der Waals surface area contributed by atoms with E-state index in [1.165, 1.54) is 13.2 Å². The summed E-state index contributed by atoms with van der Waals surface area (Å²) in [7, 11) is -2.27. The van der Waals surface area contributed by atoms with Gasteiger partial charge in [-0.1, -0.05) is 42.5 Å². The van der Waals surface area contributed by atoms with E-state index in [0.717, 1.165) is 5.56 Å². The molecule has 6 heteroatoms. The van der Waals surface area contributed by atoms with Gasteiger partial charge in [0.25, 0.3) is 0 Å². The van der Waals surface area contributed by atoms with Crippen LogP contribution >= 0.6 is 0 Å². The molecule has 122 valence electrons. The molecule has 2 aromatic rings. The van der Waals surface area contributed by atoms with Gasteiger partial charge in [0.05, 0.1) is 24.1 Å². The van der Waals surface area contributed by atoms with Crippen LogP contribution < -0.4 is 4.72 Å². The fraction of sp³-hybridized carbons (Fsp3) is 0.235. The average Bonchev–Trinajstić information content (AvgIpc) is 2.55. The van der Waals surface area contributed by atoms with Crippen molar-refractivity contribution in [3.05, 3.63) is 65.7 Å². The summed E-state index contributed by atoms with van der Waals surface area (Å²) in [5, 5.41) is 0.